The Morgan fingerprint density at radius 1 is 1.22 bits per heavy atom. The summed E-state index contributed by atoms with van der Waals surface area (Å²) in [5, 5.41) is 15.6. The molecule has 2 heterocycles. The average molecular weight is 370 g/mol. The number of amides is 1. The zero-order valence-electron chi connectivity index (χ0n) is 15.6. The minimum Gasteiger partial charge on any atom is -0.337 e. The molecule has 0 aliphatic carbocycles. The summed E-state index contributed by atoms with van der Waals surface area (Å²) in [6.07, 6.45) is 1.03. The Bertz CT molecular complexity index is 943. The lowest BCUT2D eigenvalue weighted by atomic mass is 9.92. The fourth-order valence-corrected chi connectivity index (χ4v) is 3.72. The van der Waals surface area contributed by atoms with Gasteiger partial charge in [0.25, 0.3) is 11.6 Å². The molecule has 0 spiro atoms. The van der Waals surface area contributed by atoms with Crippen molar-refractivity contribution < 1.29 is 9.72 Å². The molecule has 1 saturated heterocycles. The number of likely N-dealkylation sites (tertiary alicyclic amines) is 1. The number of hydrogen-bond acceptors (Lipinski definition) is 5. The van der Waals surface area contributed by atoms with Gasteiger partial charge < -0.3 is 4.90 Å². The molecule has 1 amide bonds. The van der Waals surface area contributed by atoms with Crippen molar-refractivity contribution in [2.45, 2.75) is 27.2 Å². The van der Waals surface area contributed by atoms with Crippen LogP contribution >= 0.6 is 0 Å². The van der Waals surface area contributed by atoms with E-state index in [1.54, 1.807) is 30.0 Å². The van der Waals surface area contributed by atoms with Gasteiger partial charge in [-0.2, -0.15) is 5.10 Å². The summed E-state index contributed by atoms with van der Waals surface area (Å²) >= 11 is 0. The van der Waals surface area contributed by atoms with Crippen LogP contribution in [0, 0.1) is 28.9 Å². The van der Waals surface area contributed by atoms with Crippen LogP contribution in [0.5, 0.6) is 0 Å². The molecule has 1 fully saturated rings. The van der Waals surface area contributed by atoms with Crippen molar-refractivity contribution in [1.82, 2.24) is 14.7 Å². The van der Waals surface area contributed by atoms with Gasteiger partial charge in [-0.1, -0.05) is 26.0 Å². The van der Waals surface area contributed by atoms with Crippen molar-refractivity contribution in [2.24, 2.45) is 11.8 Å². The highest BCUT2D eigenvalue weighted by molar-refractivity contribution is 5.92. The Balaban J connectivity index is 2.07. The third-order valence-electron chi connectivity index (χ3n) is 4.77. The van der Waals surface area contributed by atoms with E-state index in [-0.39, 0.29) is 17.1 Å². The van der Waals surface area contributed by atoms with E-state index in [2.05, 4.69) is 18.9 Å². The molecule has 0 radical (unpaired) electrons. The van der Waals surface area contributed by atoms with Crippen molar-refractivity contribution in [3.05, 3.63) is 62.1 Å². The molecule has 2 unspecified atom stereocenters. The number of nitrogens with zero attached hydrogens (tertiary/aromatic N) is 4. The van der Waals surface area contributed by atoms with Crippen LogP contribution in [0.2, 0.25) is 0 Å². The van der Waals surface area contributed by atoms with Gasteiger partial charge in [-0.3, -0.25) is 19.7 Å². The monoisotopic (exact) mass is 370 g/mol. The molecule has 1 aliphatic rings. The summed E-state index contributed by atoms with van der Waals surface area (Å²) in [5.74, 6) is 0.270. The second-order valence-corrected chi connectivity index (χ2v) is 7.31. The summed E-state index contributed by atoms with van der Waals surface area (Å²) in [7, 11) is 0. The molecule has 8 heteroatoms. The predicted octanol–water partition coefficient (Wildman–Crippen LogP) is 2.57. The minimum absolute atomic E-state index is 0.143. The van der Waals surface area contributed by atoms with E-state index in [9.17, 15) is 19.7 Å². The summed E-state index contributed by atoms with van der Waals surface area (Å²) in [5.41, 5.74) is -0.186. The molecule has 8 nitrogen and oxygen atoms in total. The van der Waals surface area contributed by atoms with Crippen LogP contribution in [0.3, 0.4) is 0 Å². The number of benzene rings is 1. The first-order chi connectivity index (χ1) is 12.8. The molecule has 0 bridgehead atoms. The van der Waals surface area contributed by atoms with Gasteiger partial charge in [0.15, 0.2) is 5.69 Å². The maximum Gasteiger partial charge on any atom is 0.294 e. The number of aryl methyl sites for hydroxylation is 1. The predicted molar refractivity (Wildman–Crippen MR) is 100 cm³/mol. The Morgan fingerprint density at radius 3 is 2.48 bits per heavy atom. The molecule has 27 heavy (non-hydrogen) atoms. The van der Waals surface area contributed by atoms with Crippen LogP contribution in [0.25, 0.3) is 5.69 Å². The molecule has 1 aliphatic heterocycles. The van der Waals surface area contributed by atoms with Crippen LogP contribution in [-0.2, 0) is 0 Å². The molecular weight excluding hydrogens is 348 g/mol. The van der Waals surface area contributed by atoms with E-state index in [1.807, 2.05) is 0 Å². The van der Waals surface area contributed by atoms with Gasteiger partial charge >= 0.3 is 0 Å². The second kappa shape index (κ2) is 7.30. The van der Waals surface area contributed by atoms with Gasteiger partial charge in [-0.05, 0) is 31.2 Å². The fourth-order valence-electron chi connectivity index (χ4n) is 3.72. The van der Waals surface area contributed by atoms with E-state index in [0.717, 1.165) is 6.42 Å². The minimum atomic E-state index is -0.510. The molecule has 1 aromatic heterocycles. The first-order valence-electron chi connectivity index (χ1n) is 8.92. The molecule has 1 aromatic carbocycles. The van der Waals surface area contributed by atoms with Crippen LogP contribution in [-0.4, -0.2) is 38.6 Å². The van der Waals surface area contributed by atoms with Crippen molar-refractivity contribution in [1.29, 1.82) is 0 Å². The number of carbonyl (C=O) groups is 1. The van der Waals surface area contributed by atoms with Gasteiger partial charge in [0, 0.05) is 30.9 Å². The Labute approximate surface area is 156 Å². The zero-order valence-corrected chi connectivity index (χ0v) is 15.6. The number of nitro groups is 1. The van der Waals surface area contributed by atoms with Crippen LogP contribution in [0.15, 0.2) is 35.1 Å². The third-order valence-corrected chi connectivity index (χ3v) is 4.77. The number of carbonyl (C=O) groups excluding carboxylic acids is 1. The molecule has 0 N–H and O–H groups in total. The van der Waals surface area contributed by atoms with Crippen molar-refractivity contribution in [3.63, 3.8) is 0 Å². The summed E-state index contributed by atoms with van der Waals surface area (Å²) in [4.78, 5) is 37.9. The van der Waals surface area contributed by atoms with E-state index in [0.29, 0.717) is 30.6 Å². The van der Waals surface area contributed by atoms with E-state index >= 15 is 0 Å². The van der Waals surface area contributed by atoms with Gasteiger partial charge in [0.2, 0.25) is 5.43 Å². The van der Waals surface area contributed by atoms with Gasteiger partial charge in [0.1, 0.15) is 5.69 Å². The SMILES string of the molecule is Cc1cc(=O)c(C(=O)N2CC(C)CC(C)C2)nn1-c1ccccc1[N+](=O)[O-]. The van der Waals surface area contributed by atoms with Crippen LogP contribution in [0.1, 0.15) is 36.5 Å². The average Bonchev–Trinajstić information content (AvgIpc) is 2.60. The smallest absolute Gasteiger partial charge is 0.294 e. The normalized spacial score (nSPS) is 19.7. The van der Waals surface area contributed by atoms with Gasteiger partial charge in [-0.25, -0.2) is 4.68 Å². The number of para-hydroxylation sites is 2. The number of hydrogen-bond donors (Lipinski definition) is 0. The highest BCUT2D eigenvalue weighted by Crippen LogP contribution is 2.24. The Kier molecular flexibility index (Phi) is 5.07. The summed E-state index contributed by atoms with van der Waals surface area (Å²) < 4.78 is 1.30. The standard InChI is InChI=1S/C19H22N4O4/c1-12-8-13(2)11-21(10-12)19(25)18-17(24)9-14(3)22(20-18)15-6-4-5-7-16(15)23(26)27/h4-7,9,12-13H,8,10-11H2,1-3H3. The fraction of sp³-hybridized carbons (Fsp3) is 0.421. The summed E-state index contributed by atoms with van der Waals surface area (Å²) in [6.45, 7) is 6.92. The molecule has 2 aromatic rings. The van der Waals surface area contributed by atoms with Gasteiger partial charge in [-0.15, -0.1) is 0 Å². The van der Waals surface area contributed by atoms with Crippen LogP contribution in [0.4, 0.5) is 5.69 Å². The van der Waals surface area contributed by atoms with Gasteiger partial charge in [0.05, 0.1) is 4.92 Å². The maximum atomic E-state index is 12.9. The van der Waals surface area contributed by atoms with E-state index < -0.39 is 16.3 Å². The molecule has 142 valence electrons. The molecule has 0 saturated carbocycles. The second-order valence-electron chi connectivity index (χ2n) is 7.31. The Morgan fingerprint density at radius 2 is 1.85 bits per heavy atom. The van der Waals surface area contributed by atoms with E-state index in [1.165, 1.54) is 16.8 Å². The quantitative estimate of drug-likeness (QED) is 0.611. The largest absolute Gasteiger partial charge is 0.337 e. The maximum absolute atomic E-state index is 12.9. The lowest BCUT2D eigenvalue weighted by Gasteiger charge is -2.34. The summed E-state index contributed by atoms with van der Waals surface area (Å²) in [6, 6.07) is 7.42. The highest BCUT2D eigenvalue weighted by Gasteiger charge is 2.29. The highest BCUT2D eigenvalue weighted by atomic mass is 16.6. The topological polar surface area (TPSA) is 98.3 Å². The lowest BCUT2D eigenvalue weighted by molar-refractivity contribution is -0.384. The third kappa shape index (κ3) is 3.74. The first-order valence-corrected chi connectivity index (χ1v) is 8.92. The zero-order chi connectivity index (χ0) is 19.7. The molecule has 2 atom stereocenters. The molecule has 3 rings (SSSR count). The first kappa shape index (κ1) is 18.8. The Hall–Kier alpha value is -3.03. The van der Waals surface area contributed by atoms with E-state index in [4.69, 9.17) is 0 Å². The number of aromatic nitrogens is 2. The van der Waals surface area contributed by atoms with Crippen molar-refractivity contribution in [3.8, 4) is 5.69 Å². The van der Waals surface area contributed by atoms with Crippen molar-refractivity contribution in [2.75, 3.05) is 13.1 Å². The lowest BCUT2D eigenvalue weighted by Crippen LogP contribution is -2.44. The number of nitro benzene ring substituents is 1. The number of piperidine rings is 1. The van der Waals surface area contributed by atoms with Crippen molar-refractivity contribution >= 4 is 11.6 Å². The number of rotatable bonds is 3. The van der Waals surface area contributed by atoms with Crippen LogP contribution < -0.4 is 5.43 Å². The molecular formula is C19H22N4O4.